The quantitative estimate of drug-likeness (QED) is 0.325. The normalized spacial score (nSPS) is 19.3. The minimum absolute atomic E-state index is 0. The molecule has 5 nitrogen and oxygen atoms in total. The summed E-state index contributed by atoms with van der Waals surface area (Å²) in [5.74, 6) is 2.06. The number of aryl methyl sites for hydroxylation is 2. The number of rotatable bonds is 5. The van der Waals surface area contributed by atoms with Crippen molar-refractivity contribution in [1.29, 1.82) is 0 Å². The van der Waals surface area contributed by atoms with Crippen LogP contribution in [0.1, 0.15) is 56.0 Å². The summed E-state index contributed by atoms with van der Waals surface area (Å²) < 4.78 is 5.23. The molecule has 1 aliphatic carbocycles. The second kappa shape index (κ2) is 8.54. The van der Waals surface area contributed by atoms with E-state index in [-0.39, 0.29) is 24.0 Å². The van der Waals surface area contributed by atoms with Gasteiger partial charge < -0.3 is 14.7 Å². The third-order valence-corrected chi connectivity index (χ3v) is 5.51. The lowest BCUT2D eigenvalue weighted by molar-refractivity contribution is 0.151. The van der Waals surface area contributed by atoms with Crippen LogP contribution in [0.15, 0.2) is 9.52 Å². The molecule has 1 aliphatic heterocycles. The highest BCUT2D eigenvalue weighted by molar-refractivity contribution is 14.0. The Hall–Kier alpha value is -0.790. The molecule has 0 aromatic carbocycles. The number of aromatic nitrogens is 1. The lowest BCUT2D eigenvalue weighted by Gasteiger charge is -2.38. The number of hydrogen-bond acceptors (Lipinski definition) is 3. The van der Waals surface area contributed by atoms with Crippen LogP contribution in [0.5, 0.6) is 0 Å². The second-order valence-electron chi connectivity index (χ2n) is 7.17. The highest BCUT2D eigenvalue weighted by Gasteiger charge is 2.43. The summed E-state index contributed by atoms with van der Waals surface area (Å²) in [5, 5.41) is 7.49. The Morgan fingerprint density at radius 3 is 2.67 bits per heavy atom. The molecule has 6 heteroatoms. The average Bonchev–Trinajstić information content (AvgIpc) is 3.08. The van der Waals surface area contributed by atoms with Crippen molar-refractivity contribution in [1.82, 2.24) is 15.4 Å². The summed E-state index contributed by atoms with van der Waals surface area (Å²) in [6.07, 6.45) is 7.62. The number of likely N-dealkylation sites (tertiary alicyclic amines) is 1. The zero-order valence-electron chi connectivity index (χ0n) is 15.2. The summed E-state index contributed by atoms with van der Waals surface area (Å²) in [6.45, 7) is 10.3. The molecule has 2 fully saturated rings. The van der Waals surface area contributed by atoms with E-state index in [2.05, 4.69) is 22.3 Å². The van der Waals surface area contributed by atoms with Crippen LogP contribution in [-0.2, 0) is 6.42 Å². The van der Waals surface area contributed by atoms with Gasteiger partial charge in [0, 0.05) is 31.7 Å². The highest BCUT2D eigenvalue weighted by Crippen LogP contribution is 2.47. The molecule has 1 N–H and O–H groups in total. The van der Waals surface area contributed by atoms with Crippen LogP contribution in [0.3, 0.4) is 0 Å². The lowest BCUT2D eigenvalue weighted by atomic mass is 9.68. The van der Waals surface area contributed by atoms with Gasteiger partial charge in [-0.1, -0.05) is 11.6 Å². The molecule has 0 bridgehead atoms. The van der Waals surface area contributed by atoms with E-state index < -0.39 is 0 Å². The summed E-state index contributed by atoms with van der Waals surface area (Å²) in [4.78, 5) is 7.33. The van der Waals surface area contributed by atoms with E-state index >= 15 is 0 Å². The van der Waals surface area contributed by atoms with Crippen molar-refractivity contribution in [2.24, 2.45) is 10.4 Å². The van der Waals surface area contributed by atoms with Gasteiger partial charge in [0.05, 0.1) is 5.69 Å². The minimum atomic E-state index is 0. The van der Waals surface area contributed by atoms with Gasteiger partial charge >= 0.3 is 0 Å². The first-order valence-corrected chi connectivity index (χ1v) is 9.08. The van der Waals surface area contributed by atoms with Crippen molar-refractivity contribution >= 4 is 29.9 Å². The Labute approximate surface area is 162 Å². The summed E-state index contributed by atoms with van der Waals surface area (Å²) in [6, 6.07) is 0. The van der Waals surface area contributed by atoms with Crippen LogP contribution < -0.4 is 5.32 Å². The van der Waals surface area contributed by atoms with Gasteiger partial charge in [-0.25, -0.2) is 0 Å². The van der Waals surface area contributed by atoms with Crippen molar-refractivity contribution in [3.8, 4) is 0 Å². The van der Waals surface area contributed by atoms with Crippen molar-refractivity contribution in [3.05, 3.63) is 17.0 Å². The third kappa shape index (κ3) is 4.24. The topological polar surface area (TPSA) is 53.7 Å². The van der Waals surface area contributed by atoms with Crippen LogP contribution >= 0.6 is 24.0 Å². The van der Waals surface area contributed by atoms with Crippen LogP contribution in [0, 0.1) is 19.3 Å². The zero-order valence-corrected chi connectivity index (χ0v) is 17.6. The Morgan fingerprint density at radius 2 is 2.12 bits per heavy atom. The molecule has 1 spiro atoms. The average molecular weight is 446 g/mol. The number of hydrogen-bond donors (Lipinski definition) is 1. The van der Waals surface area contributed by atoms with Crippen molar-refractivity contribution in [2.75, 3.05) is 26.2 Å². The SMILES string of the molecule is CCNC(=NCCCc1c(C)noc1C)N1CCC2(CCC2)C1.I. The molecule has 0 unspecified atom stereocenters. The van der Waals surface area contributed by atoms with Crippen LogP contribution in [0.25, 0.3) is 0 Å². The predicted octanol–water partition coefficient (Wildman–Crippen LogP) is 3.68. The maximum Gasteiger partial charge on any atom is 0.193 e. The number of aliphatic imine (C=N–C) groups is 1. The van der Waals surface area contributed by atoms with Crippen molar-refractivity contribution in [3.63, 3.8) is 0 Å². The fourth-order valence-electron chi connectivity index (χ4n) is 3.93. The molecule has 0 atom stereocenters. The van der Waals surface area contributed by atoms with Gasteiger partial charge in [0.25, 0.3) is 0 Å². The maximum atomic E-state index is 5.23. The fourth-order valence-corrected chi connectivity index (χ4v) is 3.93. The first kappa shape index (κ1) is 19.5. The molecule has 1 aromatic rings. The van der Waals surface area contributed by atoms with E-state index in [9.17, 15) is 0 Å². The van der Waals surface area contributed by atoms with E-state index in [1.807, 2.05) is 13.8 Å². The van der Waals surface area contributed by atoms with Gasteiger partial charge in [-0.15, -0.1) is 24.0 Å². The molecule has 24 heavy (non-hydrogen) atoms. The first-order valence-electron chi connectivity index (χ1n) is 9.08. The summed E-state index contributed by atoms with van der Waals surface area (Å²) in [7, 11) is 0. The molecule has 1 aromatic heterocycles. The standard InChI is InChI=1S/C18H30N4O.HI/c1-4-19-17(22-12-10-18(13-22)8-6-9-18)20-11-5-7-16-14(2)21-23-15(16)3;/h4-13H2,1-3H3,(H,19,20);1H. The van der Waals surface area contributed by atoms with Gasteiger partial charge in [-0.2, -0.15) is 0 Å². The van der Waals surface area contributed by atoms with E-state index in [1.54, 1.807) is 0 Å². The highest BCUT2D eigenvalue weighted by atomic mass is 127. The van der Waals surface area contributed by atoms with E-state index in [0.717, 1.165) is 49.9 Å². The van der Waals surface area contributed by atoms with Crippen LogP contribution in [0.4, 0.5) is 0 Å². The summed E-state index contributed by atoms with van der Waals surface area (Å²) >= 11 is 0. The molecule has 136 valence electrons. The smallest absolute Gasteiger partial charge is 0.193 e. The number of nitrogens with one attached hydrogen (secondary N) is 1. The molecule has 0 amide bonds. The third-order valence-electron chi connectivity index (χ3n) is 5.51. The van der Waals surface area contributed by atoms with Gasteiger partial charge in [-0.3, -0.25) is 4.99 Å². The molecule has 1 saturated carbocycles. The largest absolute Gasteiger partial charge is 0.361 e. The molecule has 2 heterocycles. The van der Waals surface area contributed by atoms with Crippen molar-refractivity contribution < 1.29 is 4.52 Å². The zero-order chi connectivity index (χ0) is 16.3. The van der Waals surface area contributed by atoms with Gasteiger partial charge in [-0.05, 0) is 58.3 Å². The van der Waals surface area contributed by atoms with Crippen LogP contribution in [0.2, 0.25) is 0 Å². The second-order valence-corrected chi connectivity index (χ2v) is 7.17. The van der Waals surface area contributed by atoms with E-state index in [1.165, 1.54) is 37.8 Å². The van der Waals surface area contributed by atoms with Gasteiger partial charge in [0.1, 0.15) is 5.76 Å². The lowest BCUT2D eigenvalue weighted by Crippen LogP contribution is -2.42. The Bertz CT molecular complexity index is 546. The molecule has 1 saturated heterocycles. The minimum Gasteiger partial charge on any atom is -0.361 e. The molecule has 2 aliphatic rings. The first-order chi connectivity index (χ1) is 11.1. The monoisotopic (exact) mass is 446 g/mol. The molecular weight excluding hydrogens is 415 g/mol. The Balaban J connectivity index is 0.00000208. The summed E-state index contributed by atoms with van der Waals surface area (Å²) in [5.41, 5.74) is 2.89. The van der Waals surface area contributed by atoms with Crippen molar-refractivity contribution in [2.45, 2.75) is 59.3 Å². The van der Waals surface area contributed by atoms with Gasteiger partial charge in [0.15, 0.2) is 5.96 Å². The number of nitrogens with zero attached hydrogens (tertiary/aromatic N) is 3. The fraction of sp³-hybridized carbons (Fsp3) is 0.778. The maximum absolute atomic E-state index is 5.23. The van der Waals surface area contributed by atoms with Crippen LogP contribution in [-0.4, -0.2) is 42.2 Å². The Morgan fingerprint density at radius 1 is 1.33 bits per heavy atom. The molecular formula is C18H31IN4O. The predicted molar refractivity (Wildman–Crippen MR) is 108 cm³/mol. The Kier molecular flexibility index (Phi) is 6.95. The number of guanidine groups is 1. The van der Waals surface area contributed by atoms with E-state index in [0.29, 0.717) is 5.41 Å². The van der Waals surface area contributed by atoms with E-state index in [4.69, 9.17) is 9.52 Å². The molecule has 0 radical (unpaired) electrons. The molecule has 3 rings (SSSR count). The number of halogens is 1. The van der Waals surface area contributed by atoms with Gasteiger partial charge in [0.2, 0.25) is 0 Å².